The zero-order valence-electron chi connectivity index (χ0n) is 10.9. The first-order valence-electron chi connectivity index (χ1n) is 6.87. The summed E-state index contributed by atoms with van der Waals surface area (Å²) in [6, 6.07) is 4.73. The molecule has 0 saturated carbocycles. The fourth-order valence-electron chi connectivity index (χ4n) is 3.03. The van der Waals surface area contributed by atoms with E-state index in [-0.39, 0.29) is 0 Å². The van der Waals surface area contributed by atoms with E-state index < -0.39 is 6.10 Å². The summed E-state index contributed by atoms with van der Waals surface area (Å²) in [5, 5.41) is 9.49. The Balaban J connectivity index is 1.71. The number of aliphatic hydroxyl groups is 1. The molecule has 3 rings (SSSR count). The minimum atomic E-state index is -0.432. The van der Waals surface area contributed by atoms with Crippen molar-refractivity contribution >= 4 is 5.82 Å². The average molecular weight is 247 g/mol. The molecule has 0 radical (unpaired) electrons. The van der Waals surface area contributed by atoms with Gasteiger partial charge in [0, 0.05) is 31.9 Å². The molecule has 98 valence electrons. The van der Waals surface area contributed by atoms with Gasteiger partial charge >= 0.3 is 0 Å². The maximum atomic E-state index is 9.49. The summed E-state index contributed by atoms with van der Waals surface area (Å²) in [5.41, 5.74) is 0.887. The second-order valence-corrected chi connectivity index (χ2v) is 5.40. The maximum Gasteiger partial charge on any atom is 0.128 e. The first-order chi connectivity index (χ1) is 8.74. The van der Waals surface area contributed by atoms with Gasteiger partial charge in [0.1, 0.15) is 5.82 Å². The van der Waals surface area contributed by atoms with Crippen molar-refractivity contribution < 1.29 is 5.11 Å². The van der Waals surface area contributed by atoms with Gasteiger partial charge in [0.05, 0.1) is 6.10 Å². The zero-order chi connectivity index (χ0) is 12.5. The number of anilines is 1. The van der Waals surface area contributed by atoms with Gasteiger partial charge in [-0.15, -0.1) is 0 Å². The van der Waals surface area contributed by atoms with Gasteiger partial charge in [-0.25, -0.2) is 4.98 Å². The predicted octanol–water partition coefficient (Wildman–Crippen LogP) is 1.42. The largest absolute Gasteiger partial charge is 0.389 e. The lowest BCUT2D eigenvalue weighted by molar-refractivity contribution is 0.199. The Labute approximate surface area is 108 Å². The number of nitrogens with zero attached hydrogens (tertiary/aromatic N) is 3. The van der Waals surface area contributed by atoms with Crippen molar-refractivity contribution in [2.24, 2.45) is 0 Å². The number of aliphatic hydroxyl groups excluding tert-OH is 1. The zero-order valence-corrected chi connectivity index (χ0v) is 10.9. The van der Waals surface area contributed by atoms with Crippen molar-refractivity contribution in [3.8, 4) is 0 Å². The Kier molecular flexibility index (Phi) is 3.22. The molecule has 3 heterocycles. The lowest BCUT2D eigenvalue weighted by Gasteiger charge is -2.38. The molecule has 18 heavy (non-hydrogen) atoms. The third-order valence-corrected chi connectivity index (χ3v) is 4.16. The van der Waals surface area contributed by atoms with Crippen LogP contribution >= 0.6 is 0 Å². The highest BCUT2D eigenvalue weighted by molar-refractivity contribution is 5.40. The molecule has 2 saturated heterocycles. The van der Waals surface area contributed by atoms with Crippen molar-refractivity contribution in [1.29, 1.82) is 0 Å². The quantitative estimate of drug-likeness (QED) is 0.858. The number of piperazine rings is 1. The molecule has 4 nitrogen and oxygen atoms in total. The van der Waals surface area contributed by atoms with E-state index >= 15 is 0 Å². The van der Waals surface area contributed by atoms with E-state index in [2.05, 4.69) is 14.8 Å². The van der Waals surface area contributed by atoms with Crippen molar-refractivity contribution in [2.75, 3.05) is 31.1 Å². The van der Waals surface area contributed by atoms with Crippen LogP contribution in [-0.4, -0.2) is 47.2 Å². The second kappa shape index (κ2) is 4.86. The summed E-state index contributed by atoms with van der Waals surface area (Å²) in [5.74, 6) is 1.05. The molecule has 2 fully saturated rings. The van der Waals surface area contributed by atoms with Gasteiger partial charge in [-0.1, -0.05) is 6.07 Å². The lowest BCUT2D eigenvalue weighted by atomic mass is 10.1. The number of hydrogen-bond acceptors (Lipinski definition) is 4. The summed E-state index contributed by atoms with van der Waals surface area (Å²) >= 11 is 0. The number of fused-ring (bicyclic) bond motifs is 1. The van der Waals surface area contributed by atoms with Crippen LogP contribution in [-0.2, 0) is 0 Å². The van der Waals surface area contributed by atoms with E-state index in [1.165, 1.54) is 19.4 Å². The van der Waals surface area contributed by atoms with E-state index in [1.807, 2.05) is 12.1 Å². The van der Waals surface area contributed by atoms with E-state index in [9.17, 15) is 5.11 Å². The molecule has 1 aromatic rings. The van der Waals surface area contributed by atoms with Crippen LogP contribution in [0.1, 0.15) is 31.4 Å². The van der Waals surface area contributed by atoms with Crippen LogP contribution in [0.25, 0.3) is 0 Å². The summed E-state index contributed by atoms with van der Waals surface area (Å²) in [6.45, 7) is 6.37. The van der Waals surface area contributed by atoms with Crippen molar-refractivity contribution in [1.82, 2.24) is 9.88 Å². The molecule has 4 heteroatoms. The van der Waals surface area contributed by atoms with Gasteiger partial charge in [-0.3, -0.25) is 4.90 Å². The normalized spacial score (nSPS) is 26.1. The predicted molar refractivity (Wildman–Crippen MR) is 71.7 cm³/mol. The van der Waals surface area contributed by atoms with E-state index in [0.29, 0.717) is 0 Å². The fraction of sp³-hybridized carbons (Fsp3) is 0.643. The van der Waals surface area contributed by atoms with Crippen LogP contribution in [0.15, 0.2) is 18.3 Å². The summed E-state index contributed by atoms with van der Waals surface area (Å²) in [6.07, 6.45) is 4.02. The average Bonchev–Trinajstić information content (AvgIpc) is 2.86. The lowest BCUT2D eigenvalue weighted by Crippen LogP contribution is -2.50. The highest BCUT2D eigenvalue weighted by Crippen LogP contribution is 2.24. The molecule has 2 unspecified atom stereocenters. The summed E-state index contributed by atoms with van der Waals surface area (Å²) in [4.78, 5) is 9.46. The topological polar surface area (TPSA) is 39.6 Å². The molecule has 0 aliphatic carbocycles. The molecule has 2 aliphatic heterocycles. The Morgan fingerprint density at radius 2 is 2.22 bits per heavy atom. The molecule has 2 aliphatic rings. The minimum Gasteiger partial charge on any atom is -0.389 e. The van der Waals surface area contributed by atoms with E-state index in [4.69, 9.17) is 0 Å². The SMILES string of the molecule is CC(O)c1ccc(N2CCN3CCCC3C2)nc1. The molecular weight excluding hydrogens is 226 g/mol. The van der Waals surface area contributed by atoms with E-state index in [0.717, 1.165) is 37.1 Å². The summed E-state index contributed by atoms with van der Waals surface area (Å²) in [7, 11) is 0. The van der Waals surface area contributed by atoms with Gasteiger partial charge in [0.25, 0.3) is 0 Å². The highest BCUT2D eigenvalue weighted by atomic mass is 16.3. The van der Waals surface area contributed by atoms with Crippen molar-refractivity contribution in [3.05, 3.63) is 23.9 Å². The van der Waals surface area contributed by atoms with Crippen LogP contribution in [0.5, 0.6) is 0 Å². The van der Waals surface area contributed by atoms with Crippen LogP contribution in [0.3, 0.4) is 0 Å². The Morgan fingerprint density at radius 3 is 2.94 bits per heavy atom. The first-order valence-corrected chi connectivity index (χ1v) is 6.87. The molecule has 1 N–H and O–H groups in total. The van der Waals surface area contributed by atoms with Crippen LogP contribution < -0.4 is 4.90 Å². The molecule has 0 amide bonds. The van der Waals surface area contributed by atoms with Crippen LogP contribution in [0.4, 0.5) is 5.82 Å². The van der Waals surface area contributed by atoms with Crippen LogP contribution in [0, 0.1) is 0 Å². The third-order valence-electron chi connectivity index (χ3n) is 4.16. The van der Waals surface area contributed by atoms with Gasteiger partial charge < -0.3 is 10.0 Å². The molecule has 0 bridgehead atoms. The van der Waals surface area contributed by atoms with Gasteiger partial charge in [0.2, 0.25) is 0 Å². The van der Waals surface area contributed by atoms with Crippen molar-refractivity contribution in [3.63, 3.8) is 0 Å². The van der Waals surface area contributed by atoms with Gasteiger partial charge in [0.15, 0.2) is 0 Å². The van der Waals surface area contributed by atoms with Gasteiger partial charge in [-0.2, -0.15) is 0 Å². The van der Waals surface area contributed by atoms with Gasteiger partial charge in [-0.05, 0) is 37.9 Å². The number of aromatic nitrogens is 1. The molecule has 0 aromatic carbocycles. The third kappa shape index (κ3) is 2.22. The fourth-order valence-corrected chi connectivity index (χ4v) is 3.03. The first kappa shape index (κ1) is 11.9. The van der Waals surface area contributed by atoms with Crippen LogP contribution in [0.2, 0.25) is 0 Å². The second-order valence-electron chi connectivity index (χ2n) is 5.40. The molecule has 1 aromatic heterocycles. The molecule has 2 atom stereocenters. The number of pyridine rings is 1. The Morgan fingerprint density at radius 1 is 1.33 bits per heavy atom. The Hall–Kier alpha value is -1.13. The standard InChI is InChI=1S/C14H21N3O/c1-11(18)12-4-5-14(15-9-12)17-8-7-16-6-2-3-13(16)10-17/h4-5,9,11,13,18H,2-3,6-8,10H2,1H3. The highest BCUT2D eigenvalue weighted by Gasteiger charge is 2.30. The molecule has 0 spiro atoms. The summed E-state index contributed by atoms with van der Waals surface area (Å²) < 4.78 is 0. The monoisotopic (exact) mass is 247 g/mol. The maximum absolute atomic E-state index is 9.49. The minimum absolute atomic E-state index is 0.432. The Bertz CT molecular complexity index is 404. The number of rotatable bonds is 2. The van der Waals surface area contributed by atoms with Crippen molar-refractivity contribution in [2.45, 2.75) is 31.9 Å². The molecular formula is C14H21N3O. The smallest absolute Gasteiger partial charge is 0.128 e. The number of hydrogen-bond donors (Lipinski definition) is 1. The van der Waals surface area contributed by atoms with E-state index in [1.54, 1.807) is 13.1 Å².